The van der Waals surface area contributed by atoms with Gasteiger partial charge in [-0.3, -0.25) is 0 Å². The van der Waals surface area contributed by atoms with Gasteiger partial charge in [-0.2, -0.15) is 0 Å². The summed E-state index contributed by atoms with van der Waals surface area (Å²) in [5.41, 5.74) is 3.49. The van der Waals surface area contributed by atoms with Crippen LogP contribution < -0.4 is 0 Å². The molecule has 0 bridgehead atoms. The van der Waals surface area contributed by atoms with Crippen molar-refractivity contribution in [1.82, 2.24) is 9.55 Å². The van der Waals surface area contributed by atoms with E-state index in [1.165, 1.54) is 11.1 Å². The van der Waals surface area contributed by atoms with Gasteiger partial charge < -0.3 is 9.30 Å². The van der Waals surface area contributed by atoms with Crippen molar-refractivity contribution in [2.24, 2.45) is 0 Å². The van der Waals surface area contributed by atoms with Crippen molar-refractivity contribution < 1.29 is 4.74 Å². The van der Waals surface area contributed by atoms with E-state index >= 15 is 0 Å². The number of ether oxygens (including phenoxy) is 1. The summed E-state index contributed by atoms with van der Waals surface area (Å²) in [6.07, 6.45) is 1.86. The van der Waals surface area contributed by atoms with Gasteiger partial charge in [-0.1, -0.05) is 19.9 Å². The topological polar surface area (TPSA) is 27.1 Å². The van der Waals surface area contributed by atoms with Crippen LogP contribution in [0.1, 0.15) is 19.4 Å². The summed E-state index contributed by atoms with van der Waals surface area (Å²) in [7, 11) is 1.71. The summed E-state index contributed by atoms with van der Waals surface area (Å²) < 4.78 is 7.16. The average molecular weight is 220 g/mol. The molecule has 0 saturated carbocycles. The van der Waals surface area contributed by atoms with Gasteiger partial charge in [0.25, 0.3) is 0 Å². The van der Waals surface area contributed by atoms with E-state index in [0.717, 1.165) is 18.7 Å². The number of imidazole rings is 1. The second-order valence-corrected chi connectivity index (χ2v) is 3.42. The number of fused-ring (bicyclic) bond motifs is 1. The third kappa shape index (κ3) is 2.83. The van der Waals surface area contributed by atoms with E-state index in [4.69, 9.17) is 4.74 Å². The molecule has 0 radical (unpaired) electrons. The zero-order valence-corrected chi connectivity index (χ0v) is 10.5. The number of hydrogen-bond acceptors (Lipinski definition) is 2. The lowest BCUT2D eigenvalue weighted by Gasteiger charge is -2.03. The van der Waals surface area contributed by atoms with Crippen molar-refractivity contribution in [3.05, 3.63) is 30.1 Å². The number of hydrogen-bond donors (Lipinski definition) is 0. The van der Waals surface area contributed by atoms with Crippen LogP contribution in [0.15, 0.2) is 24.5 Å². The van der Waals surface area contributed by atoms with Crippen LogP contribution >= 0.6 is 0 Å². The molecule has 0 fully saturated rings. The Balaban J connectivity index is 0.000000606. The summed E-state index contributed by atoms with van der Waals surface area (Å²) in [6, 6.07) is 6.28. The van der Waals surface area contributed by atoms with Crippen LogP contribution in [0.4, 0.5) is 0 Å². The first-order chi connectivity index (χ1) is 7.81. The zero-order valence-electron chi connectivity index (χ0n) is 10.5. The Hall–Kier alpha value is -1.35. The fraction of sp³-hybridized carbons (Fsp3) is 0.462. The highest BCUT2D eigenvalue weighted by molar-refractivity contribution is 5.75. The molecule has 2 aromatic rings. The molecule has 1 aromatic carbocycles. The first-order valence-corrected chi connectivity index (χ1v) is 5.71. The lowest BCUT2D eigenvalue weighted by molar-refractivity contribution is 0.188. The molecule has 0 aliphatic rings. The Morgan fingerprint density at radius 2 is 2.06 bits per heavy atom. The largest absolute Gasteiger partial charge is 0.383 e. The molecule has 0 saturated heterocycles. The summed E-state index contributed by atoms with van der Waals surface area (Å²) in [5, 5.41) is 0. The van der Waals surface area contributed by atoms with Crippen molar-refractivity contribution in [3.8, 4) is 0 Å². The molecule has 2 rings (SSSR count). The van der Waals surface area contributed by atoms with Crippen LogP contribution in [0, 0.1) is 6.92 Å². The molecule has 0 aliphatic heterocycles. The lowest BCUT2D eigenvalue weighted by Crippen LogP contribution is -2.02. The number of rotatable bonds is 3. The van der Waals surface area contributed by atoms with Gasteiger partial charge in [-0.05, 0) is 24.6 Å². The third-order valence-electron chi connectivity index (χ3n) is 2.31. The Morgan fingerprint density at radius 1 is 1.31 bits per heavy atom. The second-order valence-electron chi connectivity index (χ2n) is 3.42. The molecule has 0 N–H and O–H groups in total. The second kappa shape index (κ2) is 6.28. The SMILES string of the molecule is CC.COCCn1cnc2ccc(C)cc21. The molecule has 88 valence electrons. The quantitative estimate of drug-likeness (QED) is 0.795. The highest BCUT2D eigenvalue weighted by Crippen LogP contribution is 2.14. The maximum atomic E-state index is 5.05. The molecule has 3 nitrogen and oxygen atoms in total. The van der Waals surface area contributed by atoms with E-state index < -0.39 is 0 Å². The van der Waals surface area contributed by atoms with Crippen LogP contribution in [0.25, 0.3) is 11.0 Å². The van der Waals surface area contributed by atoms with Crippen molar-refractivity contribution in [3.63, 3.8) is 0 Å². The molecule has 1 aromatic heterocycles. The average Bonchev–Trinajstić information content (AvgIpc) is 2.71. The molecule has 0 spiro atoms. The van der Waals surface area contributed by atoms with Gasteiger partial charge in [-0.25, -0.2) is 4.98 Å². The number of aromatic nitrogens is 2. The first-order valence-electron chi connectivity index (χ1n) is 5.71. The number of methoxy groups -OCH3 is 1. The van der Waals surface area contributed by atoms with Crippen molar-refractivity contribution in [1.29, 1.82) is 0 Å². The maximum Gasteiger partial charge on any atom is 0.0959 e. The Bertz CT molecular complexity index is 434. The third-order valence-corrected chi connectivity index (χ3v) is 2.31. The summed E-state index contributed by atoms with van der Waals surface area (Å²) >= 11 is 0. The minimum Gasteiger partial charge on any atom is -0.383 e. The van der Waals surface area contributed by atoms with Crippen LogP contribution in [0.3, 0.4) is 0 Å². The first kappa shape index (κ1) is 12.7. The predicted octanol–water partition coefficient (Wildman–Crippen LogP) is 3.02. The van der Waals surface area contributed by atoms with Crippen molar-refractivity contribution in [2.45, 2.75) is 27.3 Å². The zero-order chi connectivity index (χ0) is 12.0. The monoisotopic (exact) mass is 220 g/mol. The fourth-order valence-electron chi connectivity index (χ4n) is 1.53. The molecule has 0 amide bonds. The summed E-state index contributed by atoms with van der Waals surface area (Å²) in [5.74, 6) is 0. The minimum absolute atomic E-state index is 0.722. The highest BCUT2D eigenvalue weighted by Gasteiger charge is 2.01. The van der Waals surface area contributed by atoms with Gasteiger partial charge in [0, 0.05) is 13.7 Å². The molecule has 0 aliphatic carbocycles. The van der Waals surface area contributed by atoms with Gasteiger partial charge >= 0.3 is 0 Å². The molecule has 0 atom stereocenters. The van der Waals surface area contributed by atoms with Gasteiger partial charge in [0.1, 0.15) is 0 Å². The van der Waals surface area contributed by atoms with Gasteiger partial charge in [0.05, 0.1) is 24.0 Å². The van der Waals surface area contributed by atoms with E-state index in [-0.39, 0.29) is 0 Å². The van der Waals surface area contributed by atoms with E-state index in [1.807, 2.05) is 26.2 Å². The molecule has 16 heavy (non-hydrogen) atoms. The van der Waals surface area contributed by atoms with Gasteiger partial charge in [0.2, 0.25) is 0 Å². The molecule has 3 heteroatoms. The predicted molar refractivity (Wildman–Crippen MR) is 67.7 cm³/mol. The standard InChI is InChI=1S/C11H14N2O.C2H6/c1-9-3-4-10-11(7-9)13(8-12-10)5-6-14-2;1-2/h3-4,7-8H,5-6H2,1-2H3;1-2H3. The Morgan fingerprint density at radius 3 is 2.75 bits per heavy atom. The number of nitrogens with zero attached hydrogens (tertiary/aromatic N) is 2. The Kier molecular flexibility index (Phi) is 4.99. The van der Waals surface area contributed by atoms with E-state index in [0.29, 0.717) is 0 Å². The molecular weight excluding hydrogens is 200 g/mol. The fourth-order valence-corrected chi connectivity index (χ4v) is 1.53. The van der Waals surface area contributed by atoms with Gasteiger partial charge in [-0.15, -0.1) is 0 Å². The minimum atomic E-state index is 0.722. The molecule has 1 heterocycles. The highest BCUT2D eigenvalue weighted by atomic mass is 16.5. The van der Waals surface area contributed by atoms with Crippen molar-refractivity contribution in [2.75, 3.05) is 13.7 Å². The van der Waals surface area contributed by atoms with Crippen LogP contribution in [-0.2, 0) is 11.3 Å². The maximum absolute atomic E-state index is 5.05. The van der Waals surface area contributed by atoms with Crippen LogP contribution in [-0.4, -0.2) is 23.3 Å². The van der Waals surface area contributed by atoms with E-state index in [9.17, 15) is 0 Å². The lowest BCUT2D eigenvalue weighted by atomic mass is 10.2. The summed E-state index contributed by atoms with van der Waals surface area (Å²) in [4.78, 5) is 4.32. The smallest absolute Gasteiger partial charge is 0.0959 e. The molecular formula is C13H20N2O. The van der Waals surface area contributed by atoms with E-state index in [1.54, 1.807) is 7.11 Å². The summed E-state index contributed by atoms with van der Waals surface area (Å²) in [6.45, 7) is 7.67. The number of benzene rings is 1. The van der Waals surface area contributed by atoms with Gasteiger partial charge in [0.15, 0.2) is 0 Å². The Labute approximate surface area is 97.1 Å². The molecule has 0 unspecified atom stereocenters. The van der Waals surface area contributed by atoms with Crippen LogP contribution in [0.2, 0.25) is 0 Å². The van der Waals surface area contributed by atoms with E-state index in [2.05, 4.69) is 28.6 Å². The normalized spacial score (nSPS) is 10.0. The van der Waals surface area contributed by atoms with Crippen molar-refractivity contribution >= 4 is 11.0 Å². The number of aryl methyl sites for hydroxylation is 1. The van der Waals surface area contributed by atoms with Crippen LogP contribution in [0.5, 0.6) is 0 Å².